The quantitative estimate of drug-likeness (QED) is 0.562. The van der Waals surface area contributed by atoms with E-state index >= 15 is 0 Å². The van der Waals surface area contributed by atoms with E-state index in [2.05, 4.69) is 10.3 Å². The molecule has 0 bridgehead atoms. The predicted molar refractivity (Wildman–Crippen MR) is 109 cm³/mol. The van der Waals surface area contributed by atoms with E-state index in [0.29, 0.717) is 40.1 Å². The molecule has 0 unspecified atom stereocenters. The highest BCUT2D eigenvalue weighted by atomic mass is 35.5. The van der Waals surface area contributed by atoms with E-state index in [4.69, 9.17) is 16.3 Å². The van der Waals surface area contributed by atoms with E-state index in [9.17, 15) is 9.59 Å². The van der Waals surface area contributed by atoms with Crippen LogP contribution in [-0.2, 0) is 16.1 Å². The molecule has 1 aromatic heterocycles. The zero-order valence-corrected chi connectivity index (χ0v) is 17.1. The van der Waals surface area contributed by atoms with E-state index < -0.39 is 0 Å². The lowest BCUT2D eigenvalue weighted by Gasteiger charge is -2.16. The van der Waals surface area contributed by atoms with Gasteiger partial charge in [-0.2, -0.15) is 0 Å². The fourth-order valence-electron chi connectivity index (χ4n) is 2.94. The Morgan fingerprint density at radius 1 is 1.48 bits per heavy atom. The molecule has 1 atom stereocenters. The molecule has 0 spiro atoms. The number of ether oxygens (including phenoxy) is 1. The Hall–Kier alpha value is -1.57. The van der Waals surface area contributed by atoms with Gasteiger partial charge in [0.05, 0.1) is 29.3 Å². The molecule has 146 valence electrons. The van der Waals surface area contributed by atoms with Gasteiger partial charge in [0.1, 0.15) is 0 Å². The molecule has 0 saturated carbocycles. The summed E-state index contributed by atoms with van der Waals surface area (Å²) < 4.78 is 7.32. The first-order valence-electron chi connectivity index (χ1n) is 9.15. The molecule has 1 N–H and O–H groups in total. The van der Waals surface area contributed by atoms with Crippen LogP contribution in [0.3, 0.4) is 0 Å². The van der Waals surface area contributed by atoms with Gasteiger partial charge in [0.2, 0.25) is 5.91 Å². The van der Waals surface area contributed by atoms with E-state index in [-0.39, 0.29) is 23.3 Å². The smallest absolute Gasteiger partial charge is 0.262 e. The molecule has 0 aliphatic carbocycles. The van der Waals surface area contributed by atoms with Gasteiger partial charge < -0.3 is 10.1 Å². The van der Waals surface area contributed by atoms with Crippen molar-refractivity contribution in [3.63, 3.8) is 0 Å². The predicted octanol–water partition coefficient (Wildman–Crippen LogP) is 3.09. The van der Waals surface area contributed by atoms with Gasteiger partial charge in [-0.25, -0.2) is 4.98 Å². The van der Waals surface area contributed by atoms with Crippen molar-refractivity contribution in [3.8, 4) is 0 Å². The highest BCUT2D eigenvalue weighted by Crippen LogP contribution is 2.22. The van der Waals surface area contributed by atoms with Crippen LogP contribution in [0, 0.1) is 5.92 Å². The van der Waals surface area contributed by atoms with E-state index in [1.807, 2.05) is 13.8 Å². The van der Waals surface area contributed by atoms with Crippen LogP contribution in [0.25, 0.3) is 10.9 Å². The molecule has 0 radical (unpaired) electrons. The average Bonchev–Trinajstić information content (AvgIpc) is 3.13. The second-order valence-corrected chi connectivity index (χ2v) is 8.47. The maximum absolute atomic E-state index is 13.0. The van der Waals surface area contributed by atoms with Crippen molar-refractivity contribution >= 4 is 40.2 Å². The number of benzene rings is 1. The third kappa shape index (κ3) is 5.24. The van der Waals surface area contributed by atoms with Gasteiger partial charge in [0.25, 0.3) is 5.56 Å². The third-order valence-electron chi connectivity index (χ3n) is 4.33. The number of carbonyl (C=O) groups is 1. The standard InChI is InChI=1S/C19H24ClN3O3S/c1-12(2)9-21-17(24)11-27-19-22-16-8-13(20)5-6-15(16)18(25)23(19)10-14-4-3-7-26-14/h5-6,8,12,14H,3-4,7,9-11H2,1-2H3,(H,21,24)/t14-/m0/s1. The molecule has 2 aromatic rings. The van der Waals surface area contributed by atoms with Crippen LogP contribution < -0.4 is 10.9 Å². The van der Waals surface area contributed by atoms with Gasteiger partial charge in [0.15, 0.2) is 5.16 Å². The van der Waals surface area contributed by atoms with E-state index in [1.54, 1.807) is 22.8 Å². The van der Waals surface area contributed by atoms with Crippen LogP contribution in [0.4, 0.5) is 0 Å². The van der Waals surface area contributed by atoms with Crippen LogP contribution in [0.1, 0.15) is 26.7 Å². The van der Waals surface area contributed by atoms with Crippen LogP contribution in [0.2, 0.25) is 5.02 Å². The zero-order chi connectivity index (χ0) is 19.4. The molecule has 6 nitrogen and oxygen atoms in total. The number of hydrogen-bond donors (Lipinski definition) is 1. The first-order chi connectivity index (χ1) is 12.9. The Morgan fingerprint density at radius 2 is 2.30 bits per heavy atom. The molecule has 8 heteroatoms. The summed E-state index contributed by atoms with van der Waals surface area (Å²) in [6.45, 7) is 5.88. The SMILES string of the molecule is CC(C)CNC(=O)CSc1nc2cc(Cl)ccc2c(=O)n1C[C@@H]1CCCO1. The molecule has 1 saturated heterocycles. The fraction of sp³-hybridized carbons (Fsp3) is 0.526. The average molecular weight is 410 g/mol. The first-order valence-corrected chi connectivity index (χ1v) is 10.5. The van der Waals surface area contributed by atoms with Crippen molar-refractivity contribution in [2.24, 2.45) is 5.92 Å². The summed E-state index contributed by atoms with van der Waals surface area (Å²) in [5, 5.41) is 4.45. The second-order valence-electron chi connectivity index (χ2n) is 7.09. The number of rotatable bonds is 7. The Balaban J connectivity index is 1.87. The highest BCUT2D eigenvalue weighted by molar-refractivity contribution is 7.99. The number of thioether (sulfide) groups is 1. The Labute approximate surface area is 167 Å². The Morgan fingerprint density at radius 3 is 3.00 bits per heavy atom. The monoisotopic (exact) mass is 409 g/mol. The summed E-state index contributed by atoms with van der Waals surface area (Å²) in [6, 6.07) is 5.07. The number of carbonyl (C=O) groups excluding carboxylic acids is 1. The molecule has 1 fully saturated rings. The number of amides is 1. The molecule has 1 aromatic carbocycles. The van der Waals surface area contributed by atoms with Crippen LogP contribution in [-0.4, -0.2) is 40.5 Å². The number of hydrogen-bond acceptors (Lipinski definition) is 5. The highest BCUT2D eigenvalue weighted by Gasteiger charge is 2.20. The van der Waals surface area contributed by atoms with Gasteiger partial charge in [-0.05, 0) is 37.0 Å². The lowest BCUT2D eigenvalue weighted by Crippen LogP contribution is -2.31. The summed E-state index contributed by atoms with van der Waals surface area (Å²) in [7, 11) is 0. The van der Waals surface area contributed by atoms with Crippen LogP contribution in [0.15, 0.2) is 28.2 Å². The Kier molecular flexibility index (Phi) is 6.78. The number of nitrogens with one attached hydrogen (secondary N) is 1. The van der Waals surface area contributed by atoms with Crippen molar-refractivity contribution in [1.29, 1.82) is 0 Å². The van der Waals surface area contributed by atoms with Gasteiger partial charge >= 0.3 is 0 Å². The van der Waals surface area contributed by atoms with Crippen molar-refractivity contribution < 1.29 is 9.53 Å². The summed E-state index contributed by atoms with van der Waals surface area (Å²) >= 11 is 7.33. The maximum Gasteiger partial charge on any atom is 0.262 e. The molecular formula is C19H24ClN3O3S. The number of halogens is 1. The zero-order valence-electron chi connectivity index (χ0n) is 15.5. The van der Waals surface area contributed by atoms with E-state index in [1.165, 1.54) is 11.8 Å². The van der Waals surface area contributed by atoms with Crippen molar-refractivity contribution in [2.45, 2.75) is 44.5 Å². The topological polar surface area (TPSA) is 73.2 Å². The molecular weight excluding hydrogens is 386 g/mol. The number of nitrogens with zero attached hydrogens (tertiary/aromatic N) is 2. The molecule has 1 aliphatic heterocycles. The first kappa shape index (κ1) is 20.2. The van der Waals surface area contributed by atoms with Crippen LogP contribution >= 0.6 is 23.4 Å². The normalized spacial score (nSPS) is 17.0. The van der Waals surface area contributed by atoms with Crippen molar-refractivity contribution in [3.05, 3.63) is 33.6 Å². The molecule has 3 rings (SSSR count). The fourth-order valence-corrected chi connectivity index (χ4v) is 3.94. The molecule has 1 amide bonds. The minimum Gasteiger partial charge on any atom is -0.376 e. The lowest BCUT2D eigenvalue weighted by molar-refractivity contribution is -0.118. The number of aromatic nitrogens is 2. The summed E-state index contributed by atoms with van der Waals surface area (Å²) in [5.41, 5.74) is 0.415. The lowest BCUT2D eigenvalue weighted by atomic mass is 10.2. The van der Waals surface area contributed by atoms with Crippen LogP contribution in [0.5, 0.6) is 0 Å². The van der Waals surface area contributed by atoms with Gasteiger partial charge in [-0.1, -0.05) is 37.2 Å². The van der Waals surface area contributed by atoms with Gasteiger partial charge in [0, 0.05) is 18.2 Å². The van der Waals surface area contributed by atoms with E-state index in [0.717, 1.165) is 19.4 Å². The third-order valence-corrected chi connectivity index (χ3v) is 5.54. The minimum absolute atomic E-state index is 0.00312. The second kappa shape index (κ2) is 9.08. The molecule has 27 heavy (non-hydrogen) atoms. The van der Waals surface area contributed by atoms with Gasteiger partial charge in [-0.15, -0.1) is 0 Å². The summed E-state index contributed by atoms with van der Waals surface area (Å²) in [6.07, 6.45) is 1.92. The maximum atomic E-state index is 13.0. The molecule has 1 aliphatic rings. The van der Waals surface area contributed by atoms with Crippen molar-refractivity contribution in [1.82, 2.24) is 14.9 Å². The molecule has 2 heterocycles. The Bertz CT molecular complexity index is 878. The summed E-state index contributed by atoms with van der Waals surface area (Å²) in [4.78, 5) is 29.7. The van der Waals surface area contributed by atoms with Crippen molar-refractivity contribution in [2.75, 3.05) is 18.9 Å². The number of fused-ring (bicyclic) bond motifs is 1. The van der Waals surface area contributed by atoms with Gasteiger partial charge in [-0.3, -0.25) is 14.2 Å². The minimum atomic E-state index is -0.128. The summed E-state index contributed by atoms with van der Waals surface area (Å²) in [5.74, 6) is 0.520. The largest absolute Gasteiger partial charge is 0.376 e.